The van der Waals surface area contributed by atoms with Gasteiger partial charge in [-0.3, -0.25) is 0 Å². The summed E-state index contributed by atoms with van der Waals surface area (Å²) in [6, 6.07) is 0. The first-order chi connectivity index (χ1) is 9.24. The Morgan fingerprint density at radius 2 is 2.21 bits per heavy atom. The van der Waals surface area contributed by atoms with Gasteiger partial charge >= 0.3 is 0 Å². The summed E-state index contributed by atoms with van der Waals surface area (Å²) >= 11 is 0. The molecule has 0 aromatic heterocycles. The van der Waals surface area contributed by atoms with Gasteiger partial charge in [0.05, 0.1) is 24.6 Å². The third-order valence-corrected chi connectivity index (χ3v) is 2.60. The van der Waals surface area contributed by atoms with Crippen LogP contribution in [-0.2, 0) is 9.47 Å². The van der Waals surface area contributed by atoms with Gasteiger partial charge in [-0.15, -0.1) is 0 Å². The SMILES string of the molecule is CC=C/C=C\C(=N)COCCOC1=CCCCC1=N. The zero-order chi connectivity index (χ0) is 13.9. The first-order valence-electron chi connectivity index (χ1n) is 6.59. The molecule has 0 atom stereocenters. The van der Waals surface area contributed by atoms with Crippen LogP contribution in [0.2, 0.25) is 0 Å². The highest BCUT2D eigenvalue weighted by Crippen LogP contribution is 2.14. The second-order valence-corrected chi connectivity index (χ2v) is 4.25. The summed E-state index contributed by atoms with van der Waals surface area (Å²) in [4.78, 5) is 0. The van der Waals surface area contributed by atoms with E-state index in [0.29, 0.717) is 30.4 Å². The first-order valence-corrected chi connectivity index (χ1v) is 6.59. The van der Waals surface area contributed by atoms with Gasteiger partial charge in [0.15, 0.2) is 0 Å². The van der Waals surface area contributed by atoms with Gasteiger partial charge in [0.25, 0.3) is 0 Å². The number of ether oxygens (including phenoxy) is 2. The van der Waals surface area contributed by atoms with Crippen molar-refractivity contribution in [3.8, 4) is 0 Å². The van der Waals surface area contributed by atoms with E-state index in [2.05, 4.69) is 0 Å². The predicted octanol–water partition coefficient (Wildman–Crippen LogP) is 3.26. The first kappa shape index (κ1) is 15.4. The highest BCUT2D eigenvalue weighted by atomic mass is 16.5. The summed E-state index contributed by atoms with van der Waals surface area (Å²) in [6.45, 7) is 3.08. The normalized spacial score (nSPS) is 16.1. The average Bonchev–Trinajstić information content (AvgIpc) is 2.41. The quantitative estimate of drug-likeness (QED) is 0.400. The van der Waals surface area contributed by atoms with E-state index in [1.54, 1.807) is 6.08 Å². The average molecular weight is 262 g/mol. The number of nitrogens with one attached hydrogen (secondary N) is 2. The van der Waals surface area contributed by atoms with Gasteiger partial charge in [0, 0.05) is 0 Å². The Morgan fingerprint density at radius 1 is 1.37 bits per heavy atom. The Hall–Kier alpha value is -1.68. The van der Waals surface area contributed by atoms with E-state index in [1.165, 1.54) is 0 Å². The van der Waals surface area contributed by atoms with Crippen LogP contribution in [0.5, 0.6) is 0 Å². The maximum atomic E-state index is 7.70. The number of hydrogen-bond donors (Lipinski definition) is 2. The fraction of sp³-hybridized carbons (Fsp3) is 0.467. The van der Waals surface area contributed by atoms with Gasteiger partial charge in [-0.1, -0.05) is 18.2 Å². The molecule has 2 N–H and O–H groups in total. The van der Waals surface area contributed by atoms with Crippen molar-refractivity contribution in [3.63, 3.8) is 0 Å². The van der Waals surface area contributed by atoms with Crippen LogP contribution in [-0.4, -0.2) is 31.2 Å². The van der Waals surface area contributed by atoms with Crippen LogP contribution < -0.4 is 0 Å². The fourth-order valence-electron chi connectivity index (χ4n) is 1.63. The zero-order valence-corrected chi connectivity index (χ0v) is 11.4. The molecule has 0 aromatic carbocycles. The van der Waals surface area contributed by atoms with Crippen LogP contribution in [0.3, 0.4) is 0 Å². The van der Waals surface area contributed by atoms with Crippen LogP contribution in [0.25, 0.3) is 0 Å². The van der Waals surface area contributed by atoms with Crippen LogP contribution in [0.15, 0.2) is 36.1 Å². The van der Waals surface area contributed by atoms with E-state index in [4.69, 9.17) is 20.3 Å². The second kappa shape index (κ2) is 9.28. The van der Waals surface area contributed by atoms with Crippen LogP contribution in [0, 0.1) is 10.8 Å². The number of hydrogen-bond acceptors (Lipinski definition) is 4. The maximum Gasteiger partial charge on any atom is 0.136 e. The van der Waals surface area contributed by atoms with E-state index in [0.717, 1.165) is 19.3 Å². The van der Waals surface area contributed by atoms with Crippen molar-refractivity contribution in [1.82, 2.24) is 0 Å². The molecule has 1 aliphatic rings. The Balaban J connectivity index is 2.09. The molecule has 0 heterocycles. The highest BCUT2D eigenvalue weighted by molar-refractivity contribution is 5.96. The summed E-state index contributed by atoms with van der Waals surface area (Å²) in [5.41, 5.74) is 1.01. The van der Waals surface area contributed by atoms with Crippen LogP contribution >= 0.6 is 0 Å². The lowest BCUT2D eigenvalue weighted by Crippen LogP contribution is -2.14. The second-order valence-electron chi connectivity index (χ2n) is 4.25. The van der Waals surface area contributed by atoms with Crippen molar-refractivity contribution in [1.29, 1.82) is 10.8 Å². The molecule has 4 heteroatoms. The van der Waals surface area contributed by atoms with E-state index >= 15 is 0 Å². The molecule has 4 nitrogen and oxygen atoms in total. The van der Waals surface area contributed by atoms with E-state index < -0.39 is 0 Å². The molecule has 0 radical (unpaired) electrons. The zero-order valence-electron chi connectivity index (χ0n) is 11.4. The van der Waals surface area contributed by atoms with E-state index in [1.807, 2.05) is 31.2 Å². The lowest BCUT2D eigenvalue weighted by molar-refractivity contribution is 0.101. The summed E-state index contributed by atoms with van der Waals surface area (Å²) in [5.74, 6) is 0.693. The molecule has 0 spiro atoms. The van der Waals surface area contributed by atoms with E-state index in [-0.39, 0.29) is 6.61 Å². The minimum absolute atomic E-state index is 0.286. The molecule has 1 aliphatic carbocycles. The molecular formula is C15H22N2O2. The monoisotopic (exact) mass is 262 g/mol. The van der Waals surface area contributed by atoms with Gasteiger partial charge in [0.2, 0.25) is 0 Å². The maximum absolute atomic E-state index is 7.70. The van der Waals surface area contributed by atoms with Gasteiger partial charge < -0.3 is 20.3 Å². The molecule has 104 valence electrons. The summed E-state index contributed by atoms with van der Waals surface area (Å²) in [7, 11) is 0. The molecule has 0 saturated heterocycles. The standard InChI is InChI=1S/C15H22N2O2/c1-2-3-4-7-13(16)12-18-10-11-19-15-9-6-5-8-14(15)17/h2-4,7,9,16-17H,5-6,8,10-12H2,1H3/b3-2?,7-4-,16-13?,17-14?. The van der Waals surface area contributed by atoms with Crippen molar-refractivity contribution in [2.45, 2.75) is 26.2 Å². The number of allylic oxidation sites excluding steroid dienone is 5. The van der Waals surface area contributed by atoms with Crippen molar-refractivity contribution in [2.75, 3.05) is 19.8 Å². The minimum atomic E-state index is 0.286. The molecule has 0 aromatic rings. The largest absolute Gasteiger partial charge is 0.490 e. The number of rotatable bonds is 8. The Morgan fingerprint density at radius 3 is 2.95 bits per heavy atom. The predicted molar refractivity (Wildman–Crippen MR) is 78.1 cm³/mol. The van der Waals surface area contributed by atoms with Crippen molar-refractivity contribution in [3.05, 3.63) is 36.1 Å². The molecule has 0 amide bonds. The molecule has 0 bridgehead atoms. The Bertz CT molecular complexity index is 395. The molecule has 0 saturated carbocycles. The van der Waals surface area contributed by atoms with Gasteiger partial charge in [0.1, 0.15) is 12.4 Å². The van der Waals surface area contributed by atoms with Crippen LogP contribution in [0.1, 0.15) is 26.2 Å². The molecule has 0 aliphatic heterocycles. The van der Waals surface area contributed by atoms with Gasteiger partial charge in [-0.05, 0) is 38.3 Å². The summed E-state index contributed by atoms with van der Waals surface area (Å²) in [6.07, 6.45) is 12.1. The van der Waals surface area contributed by atoms with Crippen molar-refractivity contribution < 1.29 is 9.47 Å². The molecule has 0 unspecified atom stereocenters. The lowest BCUT2D eigenvalue weighted by atomic mass is 10.0. The third-order valence-electron chi connectivity index (χ3n) is 2.60. The minimum Gasteiger partial charge on any atom is -0.490 e. The van der Waals surface area contributed by atoms with E-state index in [9.17, 15) is 0 Å². The smallest absolute Gasteiger partial charge is 0.136 e. The third kappa shape index (κ3) is 6.72. The lowest BCUT2D eigenvalue weighted by Gasteiger charge is -2.15. The van der Waals surface area contributed by atoms with Crippen molar-refractivity contribution in [2.24, 2.45) is 0 Å². The summed E-state index contributed by atoms with van der Waals surface area (Å²) in [5, 5.41) is 15.3. The van der Waals surface area contributed by atoms with Crippen molar-refractivity contribution >= 4 is 11.4 Å². The molecule has 0 fully saturated rings. The van der Waals surface area contributed by atoms with Crippen LogP contribution in [0.4, 0.5) is 0 Å². The Labute approximate surface area is 114 Å². The fourth-order valence-corrected chi connectivity index (χ4v) is 1.63. The summed E-state index contributed by atoms with van der Waals surface area (Å²) < 4.78 is 10.8. The Kier molecular flexibility index (Phi) is 7.51. The molecule has 1 rings (SSSR count). The van der Waals surface area contributed by atoms with Gasteiger partial charge in [-0.25, -0.2) is 0 Å². The highest BCUT2D eigenvalue weighted by Gasteiger charge is 2.10. The molecular weight excluding hydrogens is 240 g/mol. The van der Waals surface area contributed by atoms with Gasteiger partial charge in [-0.2, -0.15) is 0 Å². The topological polar surface area (TPSA) is 66.2 Å². The molecule has 19 heavy (non-hydrogen) atoms.